The van der Waals surface area contributed by atoms with Crippen LogP contribution in [0.25, 0.3) is 28.5 Å². The summed E-state index contributed by atoms with van der Waals surface area (Å²) in [6.45, 7) is 11.7. The van der Waals surface area contributed by atoms with Crippen molar-refractivity contribution in [2.75, 3.05) is 13.2 Å². The molecule has 2 N–H and O–H groups in total. The minimum atomic E-state index is -3.19. The zero-order valence-electron chi connectivity index (χ0n) is 21.9. The third kappa shape index (κ3) is 7.25. The number of allylic oxidation sites excluding steroid dienone is 3. The van der Waals surface area contributed by atoms with Crippen LogP contribution >= 0.6 is 0 Å². The predicted octanol–water partition coefficient (Wildman–Crippen LogP) is 5.48. The standard InChI is InChI=1S/C26H32F2N6O3/c1-8-9-16(2)20-15-19(33-34(20)7)23-30-22(31-32-23)17-10-11-21(18(14-17)26(6,27)28)36-13-12-29-24(35)37-25(3,4)5/h8-11,14-15H,1,12-13H2,2-7H3,(H,29,35)(H,30,31,32)/b16-9+. The Kier molecular flexibility index (Phi) is 8.15. The van der Waals surface area contributed by atoms with Gasteiger partial charge in [-0.05, 0) is 57.5 Å². The number of hydrogen-bond acceptors (Lipinski definition) is 6. The summed E-state index contributed by atoms with van der Waals surface area (Å²) in [6, 6.07) is 6.19. The molecule has 1 amide bonds. The van der Waals surface area contributed by atoms with E-state index in [4.69, 9.17) is 9.47 Å². The number of hydrogen-bond donors (Lipinski definition) is 2. The van der Waals surface area contributed by atoms with Crippen LogP contribution in [-0.2, 0) is 17.7 Å². The van der Waals surface area contributed by atoms with Gasteiger partial charge in [0, 0.05) is 19.5 Å². The highest BCUT2D eigenvalue weighted by Crippen LogP contribution is 2.37. The van der Waals surface area contributed by atoms with E-state index in [1.54, 1.807) is 37.6 Å². The van der Waals surface area contributed by atoms with E-state index in [0.717, 1.165) is 18.2 Å². The van der Waals surface area contributed by atoms with Crippen LogP contribution in [0.2, 0.25) is 0 Å². The second-order valence-electron chi connectivity index (χ2n) is 9.51. The van der Waals surface area contributed by atoms with Gasteiger partial charge in [0.2, 0.25) is 0 Å². The maximum atomic E-state index is 14.4. The van der Waals surface area contributed by atoms with Crippen LogP contribution in [0.4, 0.5) is 13.6 Å². The summed E-state index contributed by atoms with van der Waals surface area (Å²) in [6.07, 6.45) is 2.96. The molecule has 0 aliphatic heterocycles. The number of ether oxygens (including phenoxy) is 2. The number of carbonyl (C=O) groups is 1. The van der Waals surface area contributed by atoms with E-state index in [1.165, 1.54) is 12.1 Å². The van der Waals surface area contributed by atoms with E-state index in [-0.39, 0.29) is 30.3 Å². The van der Waals surface area contributed by atoms with Gasteiger partial charge in [-0.2, -0.15) is 10.2 Å². The first-order valence-electron chi connectivity index (χ1n) is 11.7. The zero-order valence-corrected chi connectivity index (χ0v) is 21.9. The molecule has 0 aliphatic carbocycles. The van der Waals surface area contributed by atoms with Crippen LogP contribution in [-0.4, -0.2) is 49.8 Å². The summed E-state index contributed by atoms with van der Waals surface area (Å²) in [5, 5.41) is 14.0. The first kappa shape index (κ1) is 27.6. The lowest BCUT2D eigenvalue weighted by molar-refractivity contribution is 0.0143. The van der Waals surface area contributed by atoms with Crippen molar-refractivity contribution in [3.8, 4) is 28.7 Å². The minimum Gasteiger partial charge on any atom is -0.491 e. The predicted molar refractivity (Wildman–Crippen MR) is 137 cm³/mol. The average Bonchev–Trinajstić information content (AvgIpc) is 3.42. The van der Waals surface area contributed by atoms with Crippen LogP contribution in [0.3, 0.4) is 0 Å². The molecule has 3 aromatic rings. The molecule has 0 saturated carbocycles. The fourth-order valence-electron chi connectivity index (χ4n) is 3.49. The molecule has 0 saturated heterocycles. The molecule has 0 unspecified atom stereocenters. The lowest BCUT2D eigenvalue weighted by Gasteiger charge is -2.20. The van der Waals surface area contributed by atoms with Gasteiger partial charge in [0.05, 0.1) is 17.8 Å². The fourth-order valence-corrected chi connectivity index (χ4v) is 3.49. The highest BCUT2D eigenvalue weighted by Gasteiger charge is 2.30. The number of aromatic amines is 1. The molecule has 0 fully saturated rings. The Labute approximate surface area is 214 Å². The Morgan fingerprint density at radius 2 is 1.97 bits per heavy atom. The van der Waals surface area contributed by atoms with E-state index in [2.05, 4.69) is 32.2 Å². The molecule has 11 heteroatoms. The molecule has 2 heterocycles. The lowest BCUT2D eigenvalue weighted by atomic mass is 10.0. The third-order valence-corrected chi connectivity index (χ3v) is 5.12. The smallest absolute Gasteiger partial charge is 0.407 e. The summed E-state index contributed by atoms with van der Waals surface area (Å²) < 4.78 is 41.3. The summed E-state index contributed by atoms with van der Waals surface area (Å²) in [5.41, 5.74) is 1.84. The minimum absolute atomic E-state index is 0.00292. The molecular weight excluding hydrogens is 482 g/mol. The Morgan fingerprint density at radius 1 is 1.24 bits per heavy atom. The van der Waals surface area contributed by atoms with Gasteiger partial charge in [-0.1, -0.05) is 18.7 Å². The van der Waals surface area contributed by atoms with Crippen LogP contribution in [0.15, 0.2) is 43.0 Å². The van der Waals surface area contributed by atoms with Gasteiger partial charge in [-0.25, -0.2) is 18.6 Å². The number of nitrogens with one attached hydrogen (secondary N) is 2. The highest BCUT2D eigenvalue weighted by molar-refractivity contribution is 5.68. The second-order valence-corrected chi connectivity index (χ2v) is 9.51. The third-order valence-electron chi connectivity index (χ3n) is 5.12. The van der Waals surface area contributed by atoms with Crippen molar-refractivity contribution in [2.45, 2.75) is 46.1 Å². The molecule has 1 aromatic carbocycles. The number of alkyl halides is 2. The molecule has 198 valence electrons. The number of rotatable bonds is 9. The fraction of sp³-hybridized carbons (Fsp3) is 0.385. The van der Waals surface area contributed by atoms with Gasteiger partial charge < -0.3 is 14.8 Å². The van der Waals surface area contributed by atoms with Crippen molar-refractivity contribution < 1.29 is 23.0 Å². The van der Waals surface area contributed by atoms with Gasteiger partial charge in [0.15, 0.2) is 11.6 Å². The van der Waals surface area contributed by atoms with Gasteiger partial charge in [-0.3, -0.25) is 9.78 Å². The summed E-state index contributed by atoms with van der Waals surface area (Å²) in [4.78, 5) is 16.2. The molecule has 3 rings (SSSR count). The molecule has 0 aliphatic rings. The maximum Gasteiger partial charge on any atom is 0.407 e. The Hall–Kier alpha value is -4.02. The van der Waals surface area contributed by atoms with Gasteiger partial charge >= 0.3 is 6.09 Å². The van der Waals surface area contributed by atoms with Crippen molar-refractivity contribution >= 4 is 11.7 Å². The number of H-pyrrole nitrogens is 1. The SMILES string of the molecule is C=C/C=C(\C)c1cc(-c2nc(-c3ccc(OCCNC(=O)OC(C)(C)C)c(C(C)(F)F)c3)n[nH]2)nn1C. The molecule has 0 atom stereocenters. The molecule has 0 radical (unpaired) electrons. The zero-order chi connectivity index (χ0) is 27.4. The van der Waals surface area contributed by atoms with E-state index in [9.17, 15) is 13.6 Å². The number of nitrogens with zero attached hydrogens (tertiary/aromatic N) is 4. The molecular formula is C26H32F2N6O3. The lowest BCUT2D eigenvalue weighted by Crippen LogP contribution is -2.34. The van der Waals surface area contributed by atoms with Crippen molar-refractivity contribution in [1.29, 1.82) is 0 Å². The van der Waals surface area contributed by atoms with E-state index in [0.29, 0.717) is 17.1 Å². The number of benzene rings is 1. The van der Waals surface area contributed by atoms with Crippen molar-refractivity contribution in [3.63, 3.8) is 0 Å². The number of amides is 1. The van der Waals surface area contributed by atoms with Gasteiger partial charge in [0.25, 0.3) is 5.92 Å². The maximum absolute atomic E-state index is 14.4. The van der Waals surface area contributed by atoms with Crippen molar-refractivity contribution in [2.24, 2.45) is 7.05 Å². The first-order valence-corrected chi connectivity index (χ1v) is 11.7. The number of carbonyl (C=O) groups excluding carboxylic acids is 1. The number of aryl methyl sites for hydroxylation is 1. The molecule has 9 nitrogen and oxygen atoms in total. The number of aromatic nitrogens is 5. The Bertz CT molecular complexity index is 1300. The van der Waals surface area contributed by atoms with E-state index >= 15 is 0 Å². The summed E-state index contributed by atoms with van der Waals surface area (Å²) in [5.74, 6) is -2.55. The molecule has 0 spiro atoms. The average molecular weight is 515 g/mol. The van der Waals surface area contributed by atoms with Crippen LogP contribution in [0.5, 0.6) is 5.75 Å². The highest BCUT2D eigenvalue weighted by atomic mass is 19.3. The van der Waals surface area contributed by atoms with E-state index < -0.39 is 17.6 Å². The molecule has 0 bridgehead atoms. The Morgan fingerprint density at radius 3 is 2.62 bits per heavy atom. The van der Waals surface area contributed by atoms with Crippen LogP contribution < -0.4 is 10.1 Å². The van der Waals surface area contributed by atoms with Gasteiger partial charge in [0.1, 0.15) is 23.7 Å². The second kappa shape index (κ2) is 10.9. The number of alkyl carbamates (subject to hydrolysis) is 1. The quantitative estimate of drug-likeness (QED) is 0.289. The molecule has 2 aromatic heterocycles. The summed E-state index contributed by atoms with van der Waals surface area (Å²) in [7, 11) is 1.81. The van der Waals surface area contributed by atoms with Crippen molar-refractivity contribution in [3.05, 3.63) is 54.3 Å². The van der Waals surface area contributed by atoms with Crippen LogP contribution in [0, 0.1) is 0 Å². The van der Waals surface area contributed by atoms with Crippen LogP contribution in [0.1, 0.15) is 45.9 Å². The van der Waals surface area contributed by atoms with Gasteiger partial charge in [-0.15, -0.1) is 0 Å². The monoisotopic (exact) mass is 514 g/mol. The molecule has 37 heavy (non-hydrogen) atoms. The van der Waals surface area contributed by atoms with Crippen molar-refractivity contribution in [1.82, 2.24) is 30.3 Å². The Balaban J connectivity index is 1.77. The first-order chi connectivity index (χ1) is 17.3. The summed E-state index contributed by atoms with van der Waals surface area (Å²) >= 11 is 0. The number of halogens is 2. The normalized spacial score (nSPS) is 12.4. The van der Waals surface area contributed by atoms with E-state index in [1.807, 2.05) is 26.1 Å². The topological polar surface area (TPSA) is 107 Å². The largest absolute Gasteiger partial charge is 0.491 e.